The number of anilines is 2. The van der Waals surface area contributed by atoms with Crippen molar-refractivity contribution in [3.63, 3.8) is 0 Å². The molecule has 6 rings (SSSR count). The van der Waals surface area contributed by atoms with Gasteiger partial charge in [-0.3, -0.25) is 0 Å². The Morgan fingerprint density at radius 3 is 2.03 bits per heavy atom. The van der Waals surface area contributed by atoms with Gasteiger partial charge in [-0.05, 0) is 53.6 Å². The summed E-state index contributed by atoms with van der Waals surface area (Å²) in [6.45, 7) is 0.236. The van der Waals surface area contributed by atoms with Gasteiger partial charge in [0, 0.05) is 23.5 Å². The maximum atomic E-state index is 14.8. The predicted molar refractivity (Wildman–Crippen MR) is 134 cm³/mol. The smallest absolute Gasteiger partial charge is 0.365 e. The molecule has 2 heterocycles. The van der Waals surface area contributed by atoms with Gasteiger partial charge < -0.3 is 14.5 Å². The Morgan fingerprint density at radius 1 is 0.703 bits per heavy atom. The number of hydrogen-bond donors (Lipinski definition) is 0. The molecule has 0 saturated carbocycles. The first kappa shape index (κ1) is 22.7. The number of carbonyl (C=O) groups is 2. The number of fused-ring (bicyclic) bond motifs is 1. The minimum Gasteiger partial charge on any atom is -0.383 e. The van der Waals surface area contributed by atoms with Crippen LogP contribution < -0.4 is 9.80 Å². The average molecular weight is 494 g/mol. The Kier molecular flexibility index (Phi) is 5.53. The summed E-state index contributed by atoms with van der Waals surface area (Å²) in [7, 11) is 0. The highest BCUT2D eigenvalue weighted by molar-refractivity contribution is 6.16. The van der Waals surface area contributed by atoms with E-state index in [0.29, 0.717) is 16.9 Å². The van der Waals surface area contributed by atoms with Crippen molar-refractivity contribution in [1.82, 2.24) is 0 Å². The van der Waals surface area contributed by atoms with Gasteiger partial charge in [-0.2, -0.15) is 0 Å². The zero-order chi connectivity index (χ0) is 25.5. The number of halogens is 2. The van der Waals surface area contributed by atoms with Gasteiger partial charge in [0.2, 0.25) is 0 Å². The lowest BCUT2D eigenvalue weighted by Crippen LogP contribution is -2.32. The van der Waals surface area contributed by atoms with E-state index in [1.165, 1.54) is 36.4 Å². The Labute approximate surface area is 211 Å². The highest BCUT2D eigenvalue weighted by Gasteiger charge is 2.47. The first-order chi connectivity index (χ1) is 18.0. The Hall–Kier alpha value is -4.78. The highest BCUT2D eigenvalue weighted by atomic mass is 19.1. The predicted octanol–water partition coefficient (Wildman–Crippen LogP) is 5.88. The number of cyclic esters (lactones) is 2. The molecule has 4 aromatic rings. The van der Waals surface area contributed by atoms with Crippen LogP contribution in [0.2, 0.25) is 0 Å². The number of rotatable bonds is 4. The second kappa shape index (κ2) is 9.02. The fraction of sp³-hybridized carbons (Fsp3) is 0.0667. The van der Waals surface area contributed by atoms with E-state index in [1.807, 2.05) is 60.7 Å². The fourth-order valence-corrected chi connectivity index (χ4v) is 4.98. The summed E-state index contributed by atoms with van der Waals surface area (Å²) in [5.74, 6) is -2.54. The molecular formula is C30H20F2N2O3. The molecule has 0 bridgehead atoms. The van der Waals surface area contributed by atoms with E-state index >= 15 is 0 Å². The molecule has 0 aromatic heterocycles. The molecule has 0 fully saturated rings. The van der Waals surface area contributed by atoms with Crippen LogP contribution in [0.5, 0.6) is 0 Å². The molecule has 0 saturated heterocycles. The van der Waals surface area contributed by atoms with E-state index in [2.05, 4.69) is 0 Å². The normalized spacial score (nSPS) is 16.9. The van der Waals surface area contributed by atoms with Crippen LogP contribution in [-0.4, -0.2) is 11.9 Å². The van der Waals surface area contributed by atoms with Gasteiger partial charge in [-0.15, -0.1) is 0 Å². The number of benzene rings is 4. The first-order valence-electron chi connectivity index (χ1n) is 11.7. The third-order valence-electron chi connectivity index (χ3n) is 6.54. The van der Waals surface area contributed by atoms with E-state index in [1.54, 1.807) is 15.9 Å². The molecule has 7 heteroatoms. The summed E-state index contributed by atoms with van der Waals surface area (Å²) in [6, 6.07) is 28.0. The number of carbonyl (C=O) groups excluding carboxylic acids is 2. The summed E-state index contributed by atoms with van der Waals surface area (Å²) in [5.41, 5.74) is 3.24. The molecule has 4 aromatic carbocycles. The maximum absolute atomic E-state index is 14.8. The first-order valence-corrected chi connectivity index (χ1v) is 11.7. The largest absolute Gasteiger partial charge is 0.383 e. The second-order valence-corrected chi connectivity index (χ2v) is 8.81. The average Bonchev–Trinajstić information content (AvgIpc) is 3.13. The van der Waals surface area contributed by atoms with E-state index < -0.39 is 29.6 Å². The second-order valence-electron chi connectivity index (χ2n) is 8.81. The molecule has 0 aliphatic carbocycles. The van der Waals surface area contributed by atoms with Crippen LogP contribution >= 0.6 is 0 Å². The molecule has 1 unspecified atom stereocenters. The monoisotopic (exact) mass is 494 g/mol. The Balaban J connectivity index is 1.69. The van der Waals surface area contributed by atoms with Crippen LogP contribution in [0.4, 0.5) is 20.2 Å². The number of esters is 2. The van der Waals surface area contributed by atoms with E-state index in [9.17, 15) is 18.4 Å². The molecular weight excluding hydrogens is 474 g/mol. The van der Waals surface area contributed by atoms with Gasteiger partial charge in [-0.25, -0.2) is 18.4 Å². The lowest BCUT2D eigenvalue weighted by atomic mass is 9.94. The van der Waals surface area contributed by atoms with Crippen molar-refractivity contribution in [1.29, 1.82) is 0 Å². The van der Waals surface area contributed by atoms with Crippen molar-refractivity contribution in [2.24, 2.45) is 0 Å². The van der Waals surface area contributed by atoms with Gasteiger partial charge >= 0.3 is 11.9 Å². The maximum Gasteiger partial charge on any atom is 0.365 e. The zero-order valence-corrected chi connectivity index (χ0v) is 19.5. The summed E-state index contributed by atoms with van der Waals surface area (Å²) in [5, 5.41) is 0. The number of nitrogens with zero attached hydrogens (tertiary/aromatic N) is 2. The summed E-state index contributed by atoms with van der Waals surface area (Å²) in [6.07, 6.45) is 0. The van der Waals surface area contributed by atoms with Crippen LogP contribution in [-0.2, 0) is 20.9 Å². The topological polar surface area (TPSA) is 49.9 Å². The minimum absolute atomic E-state index is 0.0120. The van der Waals surface area contributed by atoms with Crippen LogP contribution in [0.3, 0.4) is 0 Å². The third kappa shape index (κ3) is 3.94. The van der Waals surface area contributed by atoms with Crippen molar-refractivity contribution in [3.05, 3.63) is 143 Å². The van der Waals surface area contributed by atoms with Crippen molar-refractivity contribution < 1.29 is 23.1 Å². The van der Waals surface area contributed by atoms with E-state index in [-0.39, 0.29) is 17.9 Å². The molecule has 1 atom stereocenters. The molecule has 0 radical (unpaired) electrons. The zero-order valence-electron chi connectivity index (χ0n) is 19.5. The summed E-state index contributed by atoms with van der Waals surface area (Å²) < 4.78 is 33.9. The van der Waals surface area contributed by atoms with Gasteiger partial charge in [0.1, 0.15) is 11.6 Å². The molecule has 2 aliphatic heterocycles. The molecule has 5 nitrogen and oxygen atoms in total. The third-order valence-corrected chi connectivity index (χ3v) is 6.54. The van der Waals surface area contributed by atoms with Gasteiger partial charge in [-0.1, -0.05) is 60.7 Å². The molecule has 0 N–H and O–H groups in total. The van der Waals surface area contributed by atoms with Gasteiger partial charge in [0.15, 0.2) is 11.4 Å². The van der Waals surface area contributed by atoms with Gasteiger partial charge in [0.25, 0.3) is 0 Å². The van der Waals surface area contributed by atoms with Crippen molar-refractivity contribution >= 4 is 23.3 Å². The SMILES string of the molecule is O=C1OC(=O)C2=C1N(Cc1ccccc1)c1ccc(F)cc1C(c1ccccc1)N2c1ccc(F)cc1. The van der Waals surface area contributed by atoms with Crippen LogP contribution in [0.15, 0.2) is 115 Å². The quantitative estimate of drug-likeness (QED) is 0.262. The van der Waals surface area contributed by atoms with Gasteiger partial charge in [0.05, 0.1) is 6.04 Å². The number of ether oxygens (including phenoxy) is 1. The standard InChI is InChI=1S/C30H20F2N2O3/c31-21-11-14-23(15-12-21)34-26(20-9-5-2-6-10-20)24-17-22(32)13-16-25(24)33(18-19-7-3-1-4-8-19)27-28(34)30(36)37-29(27)35/h1-17,26H,18H2. The molecule has 182 valence electrons. The molecule has 2 aliphatic rings. The van der Waals surface area contributed by atoms with Crippen LogP contribution in [0.25, 0.3) is 0 Å². The highest BCUT2D eigenvalue weighted by Crippen LogP contribution is 2.47. The van der Waals surface area contributed by atoms with Crippen molar-refractivity contribution in [2.45, 2.75) is 12.6 Å². The lowest BCUT2D eigenvalue weighted by molar-refractivity contribution is -0.151. The molecule has 37 heavy (non-hydrogen) atoms. The minimum atomic E-state index is -0.823. The van der Waals surface area contributed by atoms with E-state index in [4.69, 9.17) is 4.74 Å². The summed E-state index contributed by atoms with van der Waals surface area (Å²) in [4.78, 5) is 29.9. The van der Waals surface area contributed by atoms with E-state index in [0.717, 1.165) is 11.1 Å². The Morgan fingerprint density at radius 2 is 1.32 bits per heavy atom. The molecule has 0 amide bonds. The number of hydrogen-bond acceptors (Lipinski definition) is 5. The summed E-state index contributed by atoms with van der Waals surface area (Å²) >= 11 is 0. The lowest BCUT2D eigenvalue weighted by Gasteiger charge is -2.33. The fourth-order valence-electron chi connectivity index (χ4n) is 4.98. The van der Waals surface area contributed by atoms with Crippen molar-refractivity contribution in [2.75, 3.05) is 9.80 Å². The van der Waals surface area contributed by atoms with Crippen LogP contribution in [0, 0.1) is 11.6 Å². The van der Waals surface area contributed by atoms with Crippen LogP contribution in [0.1, 0.15) is 22.7 Å². The van der Waals surface area contributed by atoms with Crippen molar-refractivity contribution in [3.8, 4) is 0 Å². The Bertz CT molecular complexity index is 1540. The molecule has 0 spiro atoms.